The average Bonchev–Trinajstić information content (AvgIpc) is 3.01. The number of halogens is 3. The van der Waals surface area contributed by atoms with Crippen LogP contribution < -0.4 is 5.32 Å². The molecule has 2 heterocycles. The minimum Gasteiger partial charge on any atom is -0.340 e. The van der Waals surface area contributed by atoms with Gasteiger partial charge in [0.2, 0.25) is 22.0 Å². The Bertz CT molecular complexity index is 591. The zero-order valence-corrected chi connectivity index (χ0v) is 14.0. The predicted molar refractivity (Wildman–Crippen MR) is 82.4 cm³/mol. The summed E-state index contributed by atoms with van der Waals surface area (Å²) in [5.74, 6) is -0.636. The Kier molecular flexibility index (Phi) is 6.14. The summed E-state index contributed by atoms with van der Waals surface area (Å²) in [6.45, 7) is 2.72. The number of hydrogen-bond acceptors (Lipinski definition) is 5. The lowest BCUT2D eigenvalue weighted by molar-refractivity contribution is -0.138. The monoisotopic (exact) mass is 364 g/mol. The fourth-order valence-electron chi connectivity index (χ4n) is 2.69. The Hall–Kier alpha value is -1.71. The van der Waals surface area contributed by atoms with Gasteiger partial charge in [0.05, 0.1) is 0 Å². The first-order chi connectivity index (χ1) is 11.3. The number of carbonyl (C=O) groups excluding carboxylic acids is 2. The molecule has 1 saturated heterocycles. The van der Waals surface area contributed by atoms with E-state index in [0.717, 1.165) is 25.7 Å². The molecule has 134 valence electrons. The van der Waals surface area contributed by atoms with E-state index < -0.39 is 17.1 Å². The molecule has 2 amide bonds. The lowest BCUT2D eigenvalue weighted by Gasteiger charge is -2.35. The van der Waals surface area contributed by atoms with Crippen LogP contribution in [0.15, 0.2) is 0 Å². The third-order valence-corrected chi connectivity index (χ3v) is 4.78. The summed E-state index contributed by atoms with van der Waals surface area (Å²) in [6.07, 6.45) is -0.733. The zero-order valence-electron chi connectivity index (χ0n) is 13.2. The van der Waals surface area contributed by atoms with Crippen molar-refractivity contribution in [1.82, 2.24) is 15.1 Å². The summed E-state index contributed by atoms with van der Waals surface area (Å²) in [7, 11) is 0. The van der Waals surface area contributed by atoms with Crippen LogP contribution in [0.2, 0.25) is 0 Å². The molecule has 1 atom stereocenters. The summed E-state index contributed by atoms with van der Waals surface area (Å²) >= 11 is 0.260. The largest absolute Gasteiger partial charge is 0.445 e. The van der Waals surface area contributed by atoms with Gasteiger partial charge in [0.1, 0.15) is 0 Å². The molecule has 1 fully saturated rings. The molecule has 0 aromatic carbocycles. The van der Waals surface area contributed by atoms with Gasteiger partial charge < -0.3 is 10.2 Å². The second-order valence-electron chi connectivity index (χ2n) is 5.60. The van der Waals surface area contributed by atoms with E-state index in [0.29, 0.717) is 6.54 Å². The number of carbonyl (C=O) groups is 2. The molecule has 1 N–H and O–H groups in total. The van der Waals surface area contributed by atoms with Crippen molar-refractivity contribution in [2.24, 2.45) is 0 Å². The normalized spacial score (nSPS) is 18.5. The van der Waals surface area contributed by atoms with Gasteiger partial charge >= 0.3 is 6.18 Å². The molecule has 0 radical (unpaired) electrons. The van der Waals surface area contributed by atoms with Crippen molar-refractivity contribution in [3.63, 3.8) is 0 Å². The SMILES string of the molecule is CC[C@H]1CCCCN1C(=O)CCC(=O)Nc1nnc(C(F)(F)F)s1. The Morgan fingerprint density at radius 2 is 2.04 bits per heavy atom. The van der Waals surface area contributed by atoms with Crippen LogP contribution in [-0.2, 0) is 15.8 Å². The van der Waals surface area contributed by atoms with Crippen molar-refractivity contribution in [3.05, 3.63) is 5.01 Å². The molecular weight excluding hydrogens is 345 g/mol. The highest BCUT2D eigenvalue weighted by molar-refractivity contribution is 7.15. The summed E-state index contributed by atoms with van der Waals surface area (Å²) in [5, 5.41) is 7.19. The van der Waals surface area contributed by atoms with Gasteiger partial charge in [-0.05, 0) is 25.7 Å². The highest BCUT2D eigenvalue weighted by Gasteiger charge is 2.35. The first-order valence-electron chi connectivity index (χ1n) is 7.81. The van der Waals surface area contributed by atoms with E-state index in [-0.39, 0.29) is 41.3 Å². The minimum absolute atomic E-state index is 0.0350. The maximum Gasteiger partial charge on any atom is 0.445 e. The molecule has 1 aliphatic heterocycles. The molecule has 0 saturated carbocycles. The zero-order chi connectivity index (χ0) is 17.7. The second-order valence-corrected chi connectivity index (χ2v) is 6.58. The lowest BCUT2D eigenvalue weighted by Crippen LogP contribution is -2.43. The van der Waals surface area contributed by atoms with Crippen molar-refractivity contribution in [1.29, 1.82) is 0 Å². The van der Waals surface area contributed by atoms with Gasteiger partial charge in [-0.1, -0.05) is 18.3 Å². The summed E-state index contributed by atoms with van der Waals surface area (Å²) < 4.78 is 37.2. The molecule has 1 aromatic rings. The highest BCUT2D eigenvalue weighted by atomic mass is 32.1. The number of nitrogens with one attached hydrogen (secondary N) is 1. The number of hydrogen-bond donors (Lipinski definition) is 1. The van der Waals surface area contributed by atoms with Crippen LogP contribution in [0.4, 0.5) is 18.3 Å². The first-order valence-corrected chi connectivity index (χ1v) is 8.63. The second kappa shape index (κ2) is 7.91. The molecule has 24 heavy (non-hydrogen) atoms. The molecule has 1 aliphatic rings. The fourth-order valence-corrected chi connectivity index (χ4v) is 3.31. The molecular formula is C14H19F3N4O2S. The number of anilines is 1. The quantitative estimate of drug-likeness (QED) is 0.871. The fraction of sp³-hybridized carbons (Fsp3) is 0.714. The molecule has 0 bridgehead atoms. The van der Waals surface area contributed by atoms with Gasteiger partial charge in [0, 0.05) is 25.4 Å². The van der Waals surface area contributed by atoms with E-state index in [4.69, 9.17) is 0 Å². The summed E-state index contributed by atoms with van der Waals surface area (Å²) in [4.78, 5) is 25.8. The van der Waals surface area contributed by atoms with Crippen LogP contribution in [0.5, 0.6) is 0 Å². The Labute approximate surface area is 141 Å². The highest BCUT2D eigenvalue weighted by Crippen LogP contribution is 2.33. The van der Waals surface area contributed by atoms with Crippen molar-refractivity contribution in [3.8, 4) is 0 Å². The number of piperidine rings is 1. The van der Waals surface area contributed by atoms with Gasteiger partial charge in [-0.2, -0.15) is 13.2 Å². The third kappa shape index (κ3) is 4.89. The topological polar surface area (TPSA) is 75.2 Å². The number of alkyl halides is 3. The average molecular weight is 364 g/mol. The maximum absolute atomic E-state index is 12.4. The predicted octanol–water partition coefficient (Wildman–Crippen LogP) is 3.07. The van der Waals surface area contributed by atoms with Crippen LogP contribution in [-0.4, -0.2) is 39.5 Å². The van der Waals surface area contributed by atoms with E-state index in [2.05, 4.69) is 15.5 Å². The molecule has 0 unspecified atom stereocenters. The smallest absolute Gasteiger partial charge is 0.340 e. The van der Waals surface area contributed by atoms with Crippen LogP contribution in [0.25, 0.3) is 0 Å². The van der Waals surface area contributed by atoms with Crippen LogP contribution in [0, 0.1) is 0 Å². The summed E-state index contributed by atoms with van der Waals surface area (Å²) in [5.41, 5.74) is 0. The van der Waals surface area contributed by atoms with Gasteiger partial charge in [-0.15, -0.1) is 10.2 Å². The molecule has 0 aliphatic carbocycles. The van der Waals surface area contributed by atoms with Crippen LogP contribution in [0.1, 0.15) is 50.5 Å². The number of aromatic nitrogens is 2. The molecule has 1 aromatic heterocycles. The molecule has 2 rings (SSSR count). The van der Waals surface area contributed by atoms with Crippen molar-refractivity contribution >= 4 is 28.3 Å². The maximum atomic E-state index is 12.4. The Balaban J connectivity index is 1.82. The molecule has 0 spiro atoms. The van der Waals surface area contributed by atoms with E-state index >= 15 is 0 Å². The molecule has 6 nitrogen and oxygen atoms in total. The van der Waals surface area contributed by atoms with E-state index in [9.17, 15) is 22.8 Å². The van der Waals surface area contributed by atoms with Crippen LogP contribution in [0.3, 0.4) is 0 Å². The third-order valence-electron chi connectivity index (χ3n) is 3.90. The summed E-state index contributed by atoms with van der Waals surface area (Å²) in [6, 6.07) is 0.215. The van der Waals surface area contributed by atoms with E-state index in [1.165, 1.54) is 0 Å². The van der Waals surface area contributed by atoms with Crippen LogP contribution >= 0.6 is 11.3 Å². The van der Waals surface area contributed by atoms with Crippen molar-refractivity contribution in [2.75, 3.05) is 11.9 Å². The van der Waals surface area contributed by atoms with Gasteiger partial charge in [0.15, 0.2) is 0 Å². The standard InChI is InChI=1S/C14H19F3N4O2S/c1-2-9-5-3-4-8-21(9)11(23)7-6-10(22)18-13-20-19-12(24-13)14(15,16)17/h9H,2-8H2,1H3,(H,18,20,22)/t9-/m0/s1. The van der Waals surface area contributed by atoms with Gasteiger partial charge in [0.25, 0.3) is 0 Å². The van der Waals surface area contributed by atoms with Crippen molar-refractivity contribution < 1.29 is 22.8 Å². The Morgan fingerprint density at radius 3 is 2.67 bits per heavy atom. The first kappa shape index (κ1) is 18.6. The number of nitrogens with zero attached hydrogens (tertiary/aromatic N) is 3. The van der Waals surface area contributed by atoms with E-state index in [1.54, 1.807) is 0 Å². The van der Waals surface area contributed by atoms with Crippen molar-refractivity contribution in [2.45, 2.75) is 57.7 Å². The van der Waals surface area contributed by atoms with E-state index in [1.807, 2.05) is 11.8 Å². The van der Waals surface area contributed by atoms with Gasteiger partial charge in [-0.25, -0.2) is 0 Å². The number of amides is 2. The Morgan fingerprint density at radius 1 is 1.29 bits per heavy atom. The number of rotatable bonds is 5. The van der Waals surface area contributed by atoms with Gasteiger partial charge in [-0.3, -0.25) is 9.59 Å². The molecule has 10 heteroatoms. The number of likely N-dealkylation sites (tertiary alicyclic amines) is 1. The minimum atomic E-state index is -4.58. The lowest BCUT2D eigenvalue weighted by atomic mass is 9.99.